The summed E-state index contributed by atoms with van der Waals surface area (Å²) < 4.78 is 2.77. The molecule has 0 saturated heterocycles. The molecular formula is C55H36S. The molecule has 10 aromatic carbocycles. The van der Waals surface area contributed by atoms with Gasteiger partial charge in [0.1, 0.15) is 0 Å². The van der Waals surface area contributed by atoms with E-state index in [1.807, 2.05) is 11.3 Å². The quantitative estimate of drug-likeness (QED) is 0.159. The average molecular weight is 729 g/mol. The number of fused-ring (bicyclic) bond motifs is 11. The molecule has 0 spiro atoms. The molecule has 0 nitrogen and oxygen atoms in total. The fourth-order valence-electron chi connectivity index (χ4n) is 10.0. The Morgan fingerprint density at radius 2 is 0.893 bits per heavy atom. The zero-order valence-electron chi connectivity index (χ0n) is 31.2. The lowest BCUT2D eigenvalue weighted by Gasteiger charge is -2.23. The van der Waals surface area contributed by atoms with Gasteiger partial charge in [-0.25, -0.2) is 0 Å². The lowest BCUT2D eigenvalue weighted by Crippen LogP contribution is -2.15. The van der Waals surface area contributed by atoms with Crippen LogP contribution in [0.2, 0.25) is 0 Å². The van der Waals surface area contributed by atoms with Crippen LogP contribution in [-0.2, 0) is 5.41 Å². The Morgan fingerprint density at radius 1 is 0.357 bits per heavy atom. The molecule has 0 saturated carbocycles. The van der Waals surface area contributed by atoms with Crippen molar-refractivity contribution in [1.29, 1.82) is 0 Å². The number of rotatable bonds is 3. The van der Waals surface area contributed by atoms with Gasteiger partial charge in [-0.3, -0.25) is 0 Å². The Morgan fingerprint density at radius 3 is 1.59 bits per heavy atom. The van der Waals surface area contributed by atoms with Crippen molar-refractivity contribution in [3.05, 3.63) is 193 Å². The lowest BCUT2D eigenvalue weighted by atomic mass is 9.81. The zero-order valence-corrected chi connectivity index (χ0v) is 32.0. The van der Waals surface area contributed by atoms with Crippen LogP contribution in [0.25, 0.3) is 108 Å². The van der Waals surface area contributed by atoms with Crippen LogP contribution >= 0.6 is 11.3 Å². The van der Waals surface area contributed by atoms with E-state index in [2.05, 4.69) is 196 Å². The van der Waals surface area contributed by atoms with Gasteiger partial charge < -0.3 is 0 Å². The topological polar surface area (TPSA) is 0 Å². The fourth-order valence-corrected chi connectivity index (χ4v) is 11.4. The summed E-state index contributed by atoms with van der Waals surface area (Å²) in [5, 5.41) is 12.9. The molecule has 11 aromatic rings. The van der Waals surface area contributed by atoms with E-state index < -0.39 is 0 Å². The van der Waals surface area contributed by atoms with Gasteiger partial charge in [-0.1, -0.05) is 166 Å². The van der Waals surface area contributed by atoms with Gasteiger partial charge in [-0.15, -0.1) is 11.3 Å². The SMILES string of the molecule is CC1(C)c2ccccc2-c2c(-c3ccc4cc(-c5c6ccccc6c(-c6ccccc6)c6ccccc56)ccc4c3)cc3c(sc4cc5ccccc5cc43)c21. The summed E-state index contributed by atoms with van der Waals surface area (Å²) in [5.41, 5.74) is 13.2. The molecule has 1 aromatic heterocycles. The summed E-state index contributed by atoms with van der Waals surface area (Å²) in [5.74, 6) is 0. The Balaban J connectivity index is 1.08. The van der Waals surface area contributed by atoms with Crippen molar-refractivity contribution >= 4 is 74.6 Å². The molecule has 12 rings (SSSR count). The van der Waals surface area contributed by atoms with Gasteiger partial charge >= 0.3 is 0 Å². The predicted molar refractivity (Wildman–Crippen MR) is 243 cm³/mol. The van der Waals surface area contributed by atoms with E-state index in [0.717, 1.165) is 0 Å². The Kier molecular flexibility index (Phi) is 6.66. The third-order valence-corrected chi connectivity index (χ3v) is 13.7. The molecule has 0 unspecified atom stereocenters. The van der Waals surface area contributed by atoms with E-state index in [0.29, 0.717) is 0 Å². The first kappa shape index (κ1) is 31.8. The van der Waals surface area contributed by atoms with Gasteiger partial charge in [0, 0.05) is 25.6 Å². The summed E-state index contributed by atoms with van der Waals surface area (Å²) in [6.45, 7) is 4.84. The molecule has 0 atom stereocenters. The van der Waals surface area contributed by atoms with Crippen molar-refractivity contribution in [2.45, 2.75) is 19.3 Å². The van der Waals surface area contributed by atoms with E-state index in [9.17, 15) is 0 Å². The maximum absolute atomic E-state index is 2.50. The summed E-state index contributed by atoms with van der Waals surface area (Å²) in [4.78, 5) is 0. The van der Waals surface area contributed by atoms with Crippen LogP contribution < -0.4 is 0 Å². The highest BCUT2D eigenvalue weighted by Gasteiger charge is 2.39. The van der Waals surface area contributed by atoms with Gasteiger partial charge in [0.05, 0.1) is 0 Å². The van der Waals surface area contributed by atoms with Gasteiger partial charge in [-0.05, 0) is 129 Å². The van der Waals surface area contributed by atoms with E-state index in [1.165, 1.54) is 119 Å². The minimum Gasteiger partial charge on any atom is -0.135 e. The van der Waals surface area contributed by atoms with Crippen LogP contribution in [0.4, 0.5) is 0 Å². The number of hydrogen-bond acceptors (Lipinski definition) is 1. The molecule has 1 aliphatic rings. The number of benzene rings is 10. The smallest absolute Gasteiger partial charge is 0.0402 e. The first-order chi connectivity index (χ1) is 27.5. The van der Waals surface area contributed by atoms with E-state index >= 15 is 0 Å². The third kappa shape index (κ3) is 4.47. The summed E-state index contributed by atoms with van der Waals surface area (Å²) >= 11 is 1.96. The molecule has 1 heterocycles. The highest BCUT2D eigenvalue weighted by atomic mass is 32.1. The zero-order chi connectivity index (χ0) is 37.1. The molecule has 1 heteroatoms. The predicted octanol–water partition coefficient (Wildman–Crippen LogP) is 16.0. The highest BCUT2D eigenvalue weighted by Crippen LogP contribution is 2.57. The maximum atomic E-state index is 2.50. The first-order valence-electron chi connectivity index (χ1n) is 19.6. The van der Waals surface area contributed by atoms with E-state index in [-0.39, 0.29) is 5.41 Å². The standard InChI is InChI=1S/C55H36S/c1-55(2)48-23-13-12-22-44(48)52-45(32-47-46-30-34-16-6-7-17-35(34)31-49(46)56-54(47)53(52)55)38-26-24-37-29-39(27-25-36(37)28-38)51-42-20-10-8-18-40(42)50(33-14-4-3-5-15-33)41-19-9-11-21-43(41)51/h3-32H,1-2H3. The Hall–Kier alpha value is -6.54. The van der Waals surface area contributed by atoms with Gasteiger partial charge in [0.2, 0.25) is 0 Å². The van der Waals surface area contributed by atoms with Crippen molar-refractivity contribution < 1.29 is 0 Å². The largest absolute Gasteiger partial charge is 0.135 e. The van der Waals surface area contributed by atoms with Crippen LogP contribution in [-0.4, -0.2) is 0 Å². The summed E-state index contributed by atoms with van der Waals surface area (Å²) in [7, 11) is 0. The number of thiophene rings is 1. The highest BCUT2D eigenvalue weighted by molar-refractivity contribution is 7.26. The molecular weight excluding hydrogens is 693 g/mol. The summed E-state index contributed by atoms with van der Waals surface area (Å²) in [6, 6.07) is 68.1. The number of hydrogen-bond donors (Lipinski definition) is 0. The van der Waals surface area contributed by atoms with Crippen LogP contribution in [0.1, 0.15) is 25.0 Å². The van der Waals surface area contributed by atoms with Gasteiger partial charge in [-0.2, -0.15) is 0 Å². The molecule has 0 radical (unpaired) electrons. The second-order valence-electron chi connectivity index (χ2n) is 16.0. The van der Waals surface area contributed by atoms with E-state index in [4.69, 9.17) is 0 Å². The minimum atomic E-state index is -0.117. The molecule has 0 aliphatic heterocycles. The van der Waals surface area contributed by atoms with Crippen LogP contribution in [0.15, 0.2) is 182 Å². The maximum Gasteiger partial charge on any atom is 0.0402 e. The lowest BCUT2D eigenvalue weighted by molar-refractivity contribution is 0.667. The first-order valence-corrected chi connectivity index (χ1v) is 20.4. The molecule has 0 bridgehead atoms. The average Bonchev–Trinajstić information content (AvgIpc) is 3.72. The fraction of sp³-hybridized carbons (Fsp3) is 0.0545. The van der Waals surface area contributed by atoms with Crippen LogP contribution in [0, 0.1) is 0 Å². The normalized spacial score (nSPS) is 13.3. The molecule has 0 amide bonds. The molecule has 0 N–H and O–H groups in total. The molecule has 262 valence electrons. The second kappa shape index (κ2) is 11.7. The van der Waals surface area contributed by atoms with Crippen LogP contribution in [0.5, 0.6) is 0 Å². The monoisotopic (exact) mass is 728 g/mol. The van der Waals surface area contributed by atoms with Crippen molar-refractivity contribution in [1.82, 2.24) is 0 Å². The van der Waals surface area contributed by atoms with Crippen LogP contribution in [0.3, 0.4) is 0 Å². The Labute approximate surface area is 329 Å². The van der Waals surface area contributed by atoms with Crippen molar-refractivity contribution in [3.63, 3.8) is 0 Å². The van der Waals surface area contributed by atoms with Crippen molar-refractivity contribution in [2.75, 3.05) is 0 Å². The van der Waals surface area contributed by atoms with Crippen molar-refractivity contribution in [3.8, 4) is 44.5 Å². The van der Waals surface area contributed by atoms with Gasteiger partial charge in [0.25, 0.3) is 0 Å². The molecule has 1 aliphatic carbocycles. The second-order valence-corrected chi connectivity index (χ2v) is 17.1. The van der Waals surface area contributed by atoms with E-state index in [1.54, 1.807) is 0 Å². The van der Waals surface area contributed by atoms with Gasteiger partial charge in [0.15, 0.2) is 0 Å². The minimum absolute atomic E-state index is 0.117. The van der Waals surface area contributed by atoms with Crippen molar-refractivity contribution in [2.24, 2.45) is 0 Å². The summed E-state index contributed by atoms with van der Waals surface area (Å²) in [6.07, 6.45) is 0. The Bertz CT molecular complexity index is 3380. The molecule has 0 fully saturated rings. The third-order valence-electron chi connectivity index (χ3n) is 12.6. The molecule has 56 heavy (non-hydrogen) atoms.